The molecule has 28 heavy (non-hydrogen) atoms. The molecule has 2 heterocycles. The lowest BCUT2D eigenvalue weighted by Gasteiger charge is -2.23. The maximum atomic E-state index is 12.2. The number of fused-ring (bicyclic) bond motifs is 1. The van der Waals surface area contributed by atoms with Gasteiger partial charge in [0.15, 0.2) is 5.76 Å². The molecule has 0 spiro atoms. The zero-order valence-electron chi connectivity index (χ0n) is 15.6. The van der Waals surface area contributed by atoms with Crippen molar-refractivity contribution in [3.8, 4) is 0 Å². The molecule has 142 valence electrons. The zero-order valence-corrected chi connectivity index (χ0v) is 15.6. The van der Waals surface area contributed by atoms with Crippen molar-refractivity contribution < 1.29 is 13.9 Å². The number of nitrogens with zero attached hydrogens (tertiary/aromatic N) is 1. The fourth-order valence-corrected chi connectivity index (χ4v) is 3.10. The number of benzene rings is 2. The number of aliphatic imine (C=N–C) groups is 1. The van der Waals surface area contributed by atoms with E-state index >= 15 is 0 Å². The maximum Gasteiger partial charge on any atom is 0.291 e. The Morgan fingerprint density at radius 1 is 1.14 bits per heavy atom. The van der Waals surface area contributed by atoms with Crippen LogP contribution in [0.5, 0.6) is 0 Å². The number of amidine groups is 1. The van der Waals surface area contributed by atoms with Crippen LogP contribution in [-0.2, 0) is 17.8 Å². The standard InChI is InChI=1S/C22H21N3O3/c1-15-17-14-28-22(23-12-11-16-6-3-2-4-7-16)25-19(17)10-9-18(15)24-21(26)20-8-5-13-27-20/h2-10,13H,11-12,14H2,1H3,(H,23,25)(H,24,26). The molecule has 4 rings (SSSR count). The average molecular weight is 375 g/mol. The van der Waals surface area contributed by atoms with Gasteiger partial charge in [-0.15, -0.1) is 0 Å². The number of carbonyl (C=O) groups is 1. The second kappa shape index (κ2) is 8.00. The Morgan fingerprint density at radius 2 is 2.00 bits per heavy atom. The van der Waals surface area contributed by atoms with E-state index in [2.05, 4.69) is 27.8 Å². The van der Waals surface area contributed by atoms with Crippen LogP contribution in [0, 0.1) is 6.92 Å². The van der Waals surface area contributed by atoms with Crippen LogP contribution < -0.4 is 10.6 Å². The SMILES string of the molecule is Cc1c(NC(=O)c2ccco2)ccc2c1COC(=NCCc1ccccc1)N2. The minimum atomic E-state index is -0.277. The third-order valence-electron chi connectivity index (χ3n) is 4.69. The Labute approximate surface area is 163 Å². The van der Waals surface area contributed by atoms with E-state index in [1.165, 1.54) is 11.8 Å². The van der Waals surface area contributed by atoms with Gasteiger partial charge in [-0.2, -0.15) is 0 Å². The summed E-state index contributed by atoms with van der Waals surface area (Å²) in [6.07, 6.45) is 2.34. The van der Waals surface area contributed by atoms with E-state index < -0.39 is 0 Å². The van der Waals surface area contributed by atoms with E-state index in [1.807, 2.05) is 37.3 Å². The molecule has 0 fully saturated rings. The van der Waals surface area contributed by atoms with Gasteiger partial charge in [-0.1, -0.05) is 30.3 Å². The van der Waals surface area contributed by atoms with Gasteiger partial charge in [0.05, 0.1) is 6.26 Å². The second-order valence-corrected chi connectivity index (χ2v) is 6.53. The molecule has 0 saturated heterocycles. The second-order valence-electron chi connectivity index (χ2n) is 6.53. The van der Waals surface area contributed by atoms with Crippen LogP contribution in [0.1, 0.15) is 27.2 Å². The molecule has 0 saturated carbocycles. The largest absolute Gasteiger partial charge is 0.460 e. The van der Waals surface area contributed by atoms with Crippen LogP contribution in [0.3, 0.4) is 0 Å². The lowest BCUT2D eigenvalue weighted by Crippen LogP contribution is -2.24. The van der Waals surface area contributed by atoms with Gasteiger partial charge in [-0.05, 0) is 48.7 Å². The number of nitrogens with one attached hydrogen (secondary N) is 2. The molecule has 0 atom stereocenters. The van der Waals surface area contributed by atoms with Gasteiger partial charge in [0.1, 0.15) is 6.61 Å². The number of anilines is 2. The first kappa shape index (κ1) is 17.9. The molecule has 1 aliphatic heterocycles. The van der Waals surface area contributed by atoms with Crippen LogP contribution in [0.4, 0.5) is 11.4 Å². The topological polar surface area (TPSA) is 75.9 Å². The highest BCUT2D eigenvalue weighted by Gasteiger charge is 2.19. The van der Waals surface area contributed by atoms with Crippen molar-refractivity contribution in [2.75, 3.05) is 17.2 Å². The van der Waals surface area contributed by atoms with E-state index in [-0.39, 0.29) is 11.7 Å². The van der Waals surface area contributed by atoms with E-state index in [9.17, 15) is 4.79 Å². The van der Waals surface area contributed by atoms with Gasteiger partial charge in [0.25, 0.3) is 11.9 Å². The Kier molecular flexibility index (Phi) is 5.10. The predicted octanol–water partition coefficient (Wildman–Crippen LogP) is 4.38. The molecular weight excluding hydrogens is 354 g/mol. The molecule has 2 aromatic carbocycles. The van der Waals surface area contributed by atoms with Crippen molar-refractivity contribution in [3.05, 3.63) is 83.3 Å². The summed E-state index contributed by atoms with van der Waals surface area (Å²) in [5.74, 6) is 0.000215. The number of amides is 1. The fourth-order valence-electron chi connectivity index (χ4n) is 3.10. The van der Waals surface area contributed by atoms with Crippen molar-refractivity contribution in [2.24, 2.45) is 4.99 Å². The molecule has 1 aliphatic rings. The minimum Gasteiger partial charge on any atom is -0.460 e. The summed E-state index contributed by atoms with van der Waals surface area (Å²) in [6, 6.07) is 17.9. The molecule has 6 nitrogen and oxygen atoms in total. The van der Waals surface area contributed by atoms with Gasteiger partial charge in [0, 0.05) is 23.5 Å². The lowest BCUT2D eigenvalue weighted by atomic mass is 10.0. The van der Waals surface area contributed by atoms with Gasteiger partial charge in [-0.3, -0.25) is 4.79 Å². The summed E-state index contributed by atoms with van der Waals surface area (Å²) in [4.78, 5) is 16.7. The number of ether oxygens (including phenoxy) is 1. The lowest BCUT2D eigenvalue weighted by molar-refractivity contribution is 0.0996. The Hall–Kier alpha value is -3.54. The third kappa shape index (κ3) is 3.91. The highest BCUT2D eigenvalue weighted by Crippen LogP contribution is 2.30. The first-order valence-corrected chi connectivity index (χ1v) is 9.16. The smallest absolute Gasteiger partial charge is 0.291 e. The van der Waals surface area contributed by atoms with E-state index in [1.54, 1.807) is 12.1 Å². The van der Waals surface area contributed by atoms with Gasteiger partial charge in [-0.25, -0.2) is 4.99 Å². The summed E-state index contributed by atoms with van der Waals surface area (Å²) in [6.45, 7) is 3.01. The summed E-state index contributed by atoms with van der Waals surface area (Å²) in [5, 5.41) is 6.11. The fraction of sp³-hybridized carbons (Fsp3) is 0.182. The Morgan fingerprint density at radius 3 is 2.79 bits per heavy atom. The first-order valence-electron chi connectivity index (χ1n) is 9.16. The van der Waals surface area contributed by atoms with Crippen LogP contribution in [0.25, 0.3) is 0 Å². The van der Waals surface area contributed by atoms with Crippen LogP contribution in [0.2, 0.25) is 0 Å². The normalized spacial score (nSPS) is 14.1. The molecule has 0 radical (unpaired) electrons. The van der Waals surface area contributed by atoms with Crippen LogP contribution >= 0.6 is 0 Å². The molecule has 0 bridgehead atoms. The molecule has 6 heteroatoms. The monoisotopic (exact) mass is 375 g/mol. The molecule has 1 amide bonds. The third-order valence-corrected chi connectivity index (χ3v) is 4.69. The van der Waals surface area contributed by atoms with Crippen molar-refractivity contribution >= 4 is 23.3 Å². The predicted molar refractivity (Wildman–Crippen MR) is 109 cm³/mol. The quantitative estimate of drug-likeness (QED) is 0.694. The molecule has 2 N–H and O–H groups in total. The average Bonchev–Trinajstić information content (AvgIpc) is 3.26. The Balaban J connectivity index is 1.42. The number of hydrogen-bond acceptors (Lipinski definition) is 4. The van der Waals surface area contributed by atoms with Gasteiger partial charge < -0.3 is 19.8 Å². The Bertz CT molecular complexity index is 995. The van der Waals surface area contributed by atoms with E-state index in [0.29, 0.717) is 19.2 Å². The van der Waals surface area contributed by atoms with Crippen molar-refractivity contribution in [3.63, 3.8) is 0 Å². The van der Waals surface area contributed by atoms with E-state index in [0.717, 1.165) is 28.9 Å². The summed E-state index contributed by atoms with van der Waals surface area (Å²) >= 11 is 0. The maximum absolute atomic E-state index is 12.2. The summed E-state index contributed by atoms with van der Waals surface area (Å²) < 4.78 is 10.9. The van der Waals surface area contributed by atoms with Crippen LogP contribution in [0.15, 0.2) is 70.3 Å². The van der Waals surface area contributed by atoms with Crippen molar-refractivity contribution in [1.29, 1.82) is 0 Å². The molecule has 0 aliphatic carbocycles. The van der Waals surface area contributed by atoms with Crippen LogP contribution in [-0.4, -0.2) is 18.5 Å². The molecular formula is C22H21N3O3. The summed E-state index contributed by atoms with van der Waals surface area (Å²) in [7, 11) is 0. The molecule has 3 aromatic rings. The highest BCUT2D eigenvalue weighted by atomic mass is 16.5. The van der Waals surface area contributed by atoms with Gasteiger partial charge >= 0.3 is 0 Å². The molecule has 1 aromatic heterocycles. The van der Waals surface area contributed by atoms with Crippen molar-refractivity contribution in [1.82, 2.24) is 0 Å². The van der Waals surface area contributed by atoms with Gasteiger partial charge in [0.2, 0.25) is 0 Å². The highest BCUT2D eigenvalue weighted by molar-refractivity contribution is 6.03. The number of furan rings is 1. The van der Waals surface area contributed by atoms with E-state index in [4.69, 9.17) is 9.15 Å². The first-order chi connectivity index (χ1) is 13.7. The summed E-state index contributed by atoms with van der Waals surface area (Å²) in [5.41, 5.74) is 4.87. The van der Waals surface area contributed by atoms with Crippen molar-refractivity contribution in [2.45, 2.75) is 20.0 Å². The number of hydrogen-bond donors (Lipinski definition) is 2. The zero-order chi connectivity index (χ0) is 19.3. The minimum absolute atomic E-state index is 0.277. The number of rotatable bonds is 5. The molecule has 0 unspecified atom stereocenters. The number of carbonyl (C=O) groups excluding carboxylic acids is 1.